The number of ether oxygens (including phenoxy) is 2. The molecule has 4 unspecified atom stereocenters. The zero-order valence-electron chi connectivity index (χ0n) is 12.3. The van der Waals surface area contributed by atoms with Crippen molar-refractivity contribution < 1.29 is 14.3 Å². The average molecular weight is 301 g/mol. The highest BCUT2D eigenvalue weighted by Gasteiger charge is 2.43. The molecule has 0 bridgehead atoms. The second-order valence-electron chi connectivity index (χ2n) is 5.35. The predicted octanol–water partition coefficient (Wildman–Crippen LogP) is 2.43. The summed E-state index contributed by atoms with van der Waals surface area (Å²) in [5.41, 5.74) is 0.463. The number of Topliss-reactive ketones (excluding diaryl/α,β-unsaturated/α-hetero) is 1. The van der Waals surface area contributed by atoms with Crippen molar-refractivity contribution in [1.82, 2.24) is 9.78 Å². The molecule has 0 aromatic carbocycles. The van der Waals surface area contributed by atoms with Crippen molar-refractivity contribution in [3.63, 3.8) is 0 Å². The second kappa shape index (κ2) is 6.24. The van der Waals surface area contributed by atoms with Crippen LogP contribution in [-0.4, -0.2) is 41.5 Å². The number of aromatic nitrogens is 2. The first-order valence-corrected chi connectivity index (χ1v) is 7.25. The summed E-state index contributed by atoms with van der Waals surface area (Å²) in [6.07, 6.45) is 1.49. The smallest absolute Gasteiger partial charge is 0.188 e. The van der Waals surface area contributed by atoms with Crippen LogP contribution >= 0.6 is 11.6 Å². The third kappa shape index (κ3) is 2.75. The number of rotatable bonds is 5. The summed E-state index contributed by atoms with van der Waals surface area (Å²) in [4.78, 5) is 12.8. The van der Waals surface area contributed by atoms with Crippen LogP contribution in [0, 0.1) is 11.8 Å². The quantitative estimate of drug-likeness (QED) is 0.784. The van der Waals surface area contributed by atoms with Gasteiger partial charge in [0.2, 0.25) is 0 Å². The Bertz CT molecular complexity index is 489. The topological polar surface area (TPSA) is 53.4 Å². The molecule has 1 aromatic heterocycles. The van der Waals surface area contributed by atoms with E-state index in [1.165, 1.54) is 6.20 Å². The summed E-state index contributed by atoms with van der Waals surface area (Å²) in [5.74, 6) is -0.00668. The second-order valence-corrected chi connectivity index (χ2v) is 5.76. The Balaban J connectivity index is 2.27. The van der Waals surface area contributed by atoms with Crippen molar-refractivity contribution >= 4 is 17.4 Å². The van der Waals surface area contributed by atoms with Gasteiger partial charge < -0.3 is 9.47 Å². The van der Waals surface area contributed by atoms with Gasteiger partial charge in [-0.3, -0.25) is 9.48 Å². The van der Waals surface area contributed by atoms with Gasteiger partial charge in [-0.2, -0.15) is 5.10 Å². The van der Waals surface area contributed by atoms with E-state index in [2.05, 4.69) is 5.10 Å². The number of carbonyl (C=O) groups is 1. The fraction of sp³-hybridized carbons (Fsp3) is 0.714. The Labute approximate surface area is 124 Å². The number of halogens is 1. The van der Waals surface area contributed by atoms with E-state index in [9.17, 15) is 4.79 Å². The number of hydrogen-bond donors (Lipinski definition) is 0. The molecule has 0 radical (unpaired) electrons. The van der Waals surface area contributed by atoms with Gasteiger partial charge in [-0.25, -0.2) is 0 Å². The van der Waals surface area contributed by atoms with Crippen LogP contribution in [0.3, 0.4) is 0 Å². The molecule has 20 heavy (non-hydrogen) atoms. The highest BCUT2D eigenvalue weighted by molar-refractivity contribution is 6.33. The Morgan fingerprint density at radius 3 is 2.70 bits per heavy atom. The summed E-state index contributed by atoms with van der Waals surface area (Å²) in [6.45, 7) is 6.97. The molecule has 1 aliphatic rings. The van der Waals surface area contributed by atoms with Gasteiger partial charge in [-0.05, 0) is 19.8 Å². The van der Waals surface area contributed by atoms with Gasteiger partial charge in [-0.15, -0.1) is 0 Å². The van der Waals surface area contributed by atoms with E-state index >= 15 is 0 Å². The lowest BCUT2D eigenvalue weighted by Gasteiger charge is -2.18. The van der Waals surface area contributed by atoms with E-state index in [0.29, 0.717) is 23.9 Å². The maximum Gasteiger partial charge on any atom is 0.188 e. The molecule has 1 fully saturated rings. The van der Waals surface area contributed by atoms with E-state index in [1.54, 1.807) is 11.8 Å². The van der Waals surface area contributed by atoms with Gasteiger partial charge in [0.05, 0.1) is 42.5 Å². The first-order chi connectivity index (χ1) is 9.47. The molecule has 1 aromatic rings. The van der Waals surface area contributed by atoms with Gasteiger partial charge in [0.25, 0.3) is 0 Å². The first kappa shape index (κ1) is 15.5. The molecular formula is C14H21ClN2O3. The third-order valence-corrected chi connectivity index (χ3v) is 4.36. The van der Waals surface area contributed by atoms with Crippen molar-refractivity contribution in [3.8, 4) is 0 Å². The predicted molar refractivity (Wildman–Crippen MR) is 76.1 cm³/mol. The van der Waals surface area contributed by atoms with Crippen LogP contribution in [0.25, 0.3) is 0 Å². The maximum absolute atomic E-state index is 12.8. The molecule has 2 rings (SSSR count). The van der Waals surface area contributed by atoms with Crippen molar-refractivity contribution in [3.05, 3.63) is 16.9 Å². The average Bonchev–Trinajstić information content (AvgIpc) is 2.88. The molecular weight excluding hydrogens is 280 g/mol. The summed E-state index contributed by atoms with van der Waals surface area (Å²) >= 11 is 6.14. The van der Waals surface area contributed by atoms with Crippen molar-refractivity contribution in [2.75, 3.05) is 13.7 Å². The molecule has 0 N–H and O–H groups in total. The summed E-state index contributed by atoms with van der Waals surface area (Å²) in [5, 5.41) is 4.55. The molecule has 1 saturated heterocycles. The summed E-state index contributed by atoms with van der Waals surface area (Å²) in [7, 11) is 1.61. The molecule has 0 spiro atoms. The minimum atomic E-state index is -0.180. The van der Waals surface area contributed by atoms with Crippen molar-refractivity contribution in [2.24, 2.45) is 11.8 Å². The Morgan fingerprint density at radius 1 is 1.45 bits per heavy atom. The lowest BCUT2D eigenvalue weighted by molar-refractivity contribution is 0.0488. The zero-order valence-corrected chi connectivity index (χ0v) is 13.1. The summed E-state index contributed by atoms with van der Waals surface area (Å²) < 4.78 is 12.4. The number of carbonyl (C=O) groups excluding carboxylic acids is 1. The molecule has 0 amide bonds. The SMILES string of the molecule is COCCn1ncc(Cl)c1C(=O)C1C(C)OC(C)C1C. The van der Waals surface area contributed by atoms with E-state index in [1.807, 2.05) is 20.8 Å². The normalized spacial score (nSPS) is 29.9. The first-order valence-electron chi connectivity index (χ1n) is 6.87. The molecule has 6 heteroatoms. The molecule has 4 atom stereocenters. The summed E-state index contributed by atoms with van der Waals surface area (Å²) in [6, 6.07) is 0. The highest BCUT2D eigenvalue weighted by atomic mass is 35.5. The lowest BCUT2D eigenvalue weighted by atomic mass is 9.85. The largest absolute Gasteiger partial charge is 0.383 e. The maximum atomic E-state index is 12.8. The van der Waals surface area contributed by atoms with Crippen molar-refractivity contribution in [2.45, 2.75) is 39.5 Å². The van der Waals surface area contributed by atoms with E-state index in [4.69, 9.17) is 21.1 Å². The van der Waals surface area contributed by atoms with Crippen LogP contribution in [0.1, 0.15) is 31.3 Å². The van der Waals surface area contributed by atoms with Crippen LogP contribution in [0.4, 0.5) is 0 Å². The van der Waals surface area contributed by atoms with Crippen LogP contribution in [0.2, 0.25) is 5.02 Å². The zero-order chi connectivity index (χ0) is 14.9. The Morgan fingerprint density at radius 2 is 2.15 bits per heavy atom. The lowest BCUT2D eigenvalue weighted by Crippen LogP contribution is -2.29. The van der Waals surface area contributed by atoms with Gasteiger partial charge in [0.1, 0.15) is 5.69 Å². The number of nitrogens with zero attached hydrogens (tertiary/aromatic N) is 2. The molecule has 1 aliphatic heterocycles. The molecule has 0 aliphatic carbocycles. The van der Waals surface area contributed by atoms with Gasteiger partial charge >= 0.3 is 0 Å². The third-order valence-electron chi connectivity index (χ3n) is 4.08. The molecule has 112 valence electrons. The number of hydrogen-bond acceptors (Lipinski definition) is 4. The minimum absolute atomic E-state index is 0.00736. The molecule has 5 nitrogen and oxygen atoms in total. The Hall–Kier alpha value is -0.910. The van der Waals surface area contributed by atoms with E-state index in [0.717, 1.165) is 0 Å². The van der Waals surface area contributed by atoms with Crippen LogP contribution in [0.15, 0.2) is 6.20 Å². The Kier molecular flexibility index (Phi) is 4.83. The fourth-order valence-electron chi connectivity index (χ4n) is 2.83. The number of ketones is 1. The van der Waals surface area contributed by atoms with E-state index in [-0.39, 0.29) is 29.8 Å². The van der Waals surface area contributed by atoms with Gasteiger partial charge in [-0.1, -0.05) is 18.5 Å². The van der Waals surface area contributed by atoms with Crippen LogP contribution in [-0.2, 0) is 16.0 Å². The highest BCUT2D eigenvalue weighted by Crippen LogP contribution is 2.35. The molecule has 0 saturated carbocycles. The van der Waals surface area contributed by atoms with Crippen LogP contribution in [0.5, 0.6) is 0 Å². The monoisotopic (exact) mass is 300 g/mol. The van der Waals surface area contributed by atoms with Gasteiger partial charge in [0, 0.05) is 7.11 Å². The van der Waals surface area contributed by atoms with Crippen molar-refractivity contribution in [1.29, 1.82) is 0 Å². The molecule has 2 heterocycles. The number of methoxy groups -OCH3 is 1. The standard InChI is InChI=1S/C14H21ClN2O3/c1-8-9(2)20-10(3)12(8)14(18)13-11(15)7-16-17(13)5-6-19-4/h7-10,12H,5-6H2,1-4H3. The minimum Gasteiger partial charge on any atom is -0.383 e. The fourth-order valence-corrected chi connectivity index (χ4v) is 3.07. The van der Waals surface area contributed by atoms with E-state index < -0.39 is 0 Å². The van der Waals surface area contributed by atoms with Crippen LogP contribution < -0.4 is 0 Å². The van der Waals surface area contributed by atoms with Gasteiger partial charge in [0.15, 0.2) is 5.78 Å².